The van der Waals surface area contributed by atoms with Crippen molar-refractivity contribution in [3.8, 4) is 0 Å². The smallest absolute Gasteiger partial charge is 0.340 e. The Morgan fingerprint density at radius 3 is 2.43 bits per heavy atom. The zero-order chi connectivity index (χ0) is 20.7. The fraction of sp³-hybridized carbons (Fsp3) is 0.381. The van der Waals surface area contributed by atoms with Gasteiger partial charge in [-0.2, -0.15) is 0 Å². The molecular weight excluding hydrogens is 362 g/mol. The van der Waals surface area contributed by atoms with Crippen molar-refractivity contribution < 1.29 is 23.5 Å². The number of aryl methyl sites for hydroxylation is 3. The quantitative estimate of drug-likeness (QED) is 0.672. The lowest BCUT2D eigenvalue weighted by Crippen LogP contribution is -2.51. The standard InChI is InChI=1S/C21H23NO6/c1-9(2)18(20(24)25)22-15(23)7-13-12(5)17-14(28-21(13)26)6-10(3)16-11(4)8-27-19(16)17/h6,8-9,18H,7H2,1-5H3,(H,22,23)(H,24,25)/p-1/t18-/m0/s1. The van der Waals surface area contributed by atoms with E-state index in [9.17, 15) is 19.5 Å². The van der Waals surface area contributed by atoms with E-state index in [1.54, 1.807) is 33.1 Å². The summed E-state index contributed by atoms with van der Waals surface area (Å²) in [6.07, 6.45) is 1.34. The number of benzene rings is 1. The van der Waals surface area contributed by atoms with E-state index in [0.29, 0.717) is 22.1 Å². The van der Waals surface area contributed by atoms with Crippen LogP contribution in [0.5, 0.6) is 0 Å². The monoisotopic (exact) mass is 384 g/mol. The molecule has 1 atom stereocenters. The van der Waals surface area contributed by atoms with Gasteiger partial charge in [-0.05, 0) is 49.4 Å². The molecule has 3 rings (SSSR count). The van der Waals surface area contributed by atoms with Gasteiger partial charge < -0.3 is 24.1 Å². The summed E-state index contributed by atoms with van der Waals surface area (Å²) in [6, 6.07) is 0.644. The molecule has 1 N–H and O–H groups in total. The molecule has 148 valence electrons. The van der Waals surface area contributed by atoms with E-state index in [1.165, 1.54) is 0 Å². The van der Waals surface area contributed by atoms with Crippen molar-refractivity contribution in [3.05, 3.63) is 45.0 Å². The third kappa shape index (κ3) is 3.28. The van der Waals surface area contributed by atoms with Crippen LogP contribution in [0.1, 0.15) is 36.1 Å². The first kappa shape index (κ1) is 19.7. The third-order valence-electron chi connectivity index (χ3n) is 5.04. The Labute approximate surface area is 161 Å². The molecule has 1 amide bonds. The zero-order valence-electron chi connectivity index (χ0n) is 16.5. The van der Waals surface area contributed by atoms with Gasteiger partial charge in [0.1, 0.15) is 11.2 Å². The van der Waals surface area contributed by atoms with Crippen LogP contribution in [0.2, 0.25) is 0 Å². The fourth-order valence-electron chi connectivity index (χ4n) is 3.56. The average Bonchev–Trinajstić information content (AvgIpc) is 2.98. The Morgan fingerprint density at radius 1 is 1.14 bits per heavy atom. The highest BCUT2D eigenvalue weighted by molar-refractivity contribution is 6.07. The molecule has 0 saturated heterocycles. The van der Waals surface area contributed by atoms with Crippen LogP contribution < -0.4 is 16.0 Å². The lowest BCUT2D eigenvalue weighted by molar-refractivity contribution is -0.309. The van der Waals surface area contributed by atoms with Gasteiger partial charge in [-0.1, -0.05) is 13.8 Å². The second-order valence-electron chi connectivity index (χ2n) is 7.47. The minimum atomic E-state index is -1.37. The Balaban J connectivity index is 2.08. The molecule has 2 heterocycles. The van der Waals surface area contributed by atoms with E-state index in [0.717, 1.165) is 16.5 Å². The molecule has 0 aliphatic heterocycles. The SMILES string of the molecule is Cc1coc2c1c(C)cc1oc(=O)c(CC(=O)N[C@H](C(=O)[O-])C(C)C)c(C)c12. The van der Waals surface area contributed by atoms with Gasteiger partial charge in [-0.25, -0.2) is 4.79 Å². The molecule has 0 unspecified atom stereocenters. The van der Waals surface area contributed by atoms with E-state index in [4.69, 9.17) is 8.83 Å². The van der Waals surface area contributed by atoms with Crippen LogP contribution in [0.4, 0.5) is 0 Å². The number of carbonyl (C=O) groups excluding carboxylic acids is 2. The molecule has 7 nitrogen and oxygen atoms in total. The molecule has 3 aromatic rings. The highest BCUT2D eigenvalue weighted by Gasteiger charge is 2.22. The number of hydrogen-bond donors (Lipinski definition) is 1. The number of nitrogens with one attached hydrogen (secondary N) is 1. The van der Waals surface area contributed by atoms with Gasteiger partial charge in [0.25, 0.3) is 0 Å². The summed E-state index contributed by atoms with van der Waals surface area (Å²) < 4.78 is 11.2. The van der Waals surface area contributed by atoms with Crippen LogP contribution in [0.3, 0.4) is 0 Å². The highest BCUT2D eigenvalue weighted by Crippen LogP contribution is 2.34. The number of hydrogen-bond acceptors (Lipinski definition) is 6. The molecule has 0 aliphatic rings. The van der Waals surface area contributed by atoms with Gasteiger partial charge in [0, 0.05) is 5.39 Å². The van der Waals surface area contributed by atoms with Gasteiger partial charge >= 0.3 is 5.63 Å². The van der Waals surface area contributed by atoms with Crippen molar-refractivity contribution in [1.82, 2.24) is 5.32 Å². The van der Waals surface area contributed by atoms with E-state index in [2.05, 4.69) is 5.32 Å². The Kier molecular flexibility index (Phi) is 5.02. The number of carbonyl (C=O) groups is 2. The number of fused-ring (bicyclic) bond motifs is 3. The molecular formula is C21H22NO6-. The summed E-state index contributed by atoms with van der Waals surface area (Å²) >= 11 is 0. The summed E-state index contributed by atoms with van der Waals surface area (Å²) in [7, 11) is 0. The fourth-order valence-corrected chi connectivity index (χ4v) is 3.56. The Morgan fingerprint density at radius 2 is 1.82 bits per heavy atom. The summed E-state index contributed by atoms with van der Waals surface area (Å²) in [5.74, 6) is -2.30. The maximum absolute atomic E-state index is 12.5. The second-order valence-corrected chi connectivity index (χ2v) is 7.47. The minimum absolute atomic E-state index is 0.171. The van der Waals surface area contributed by atoms with Crippen molar-refractivity contribution in [3.63, 3.8) is 0 Å². The lowest BCUT2D eigenvalue weighted by atomic mass is 9.98. The molecule has 7 heteroatoms. The molecule has 1 aromatic carbocycles. The van der Waals surface area contributed by atoms with Crippen LogP contribution in [0, 0.1) is 26.7 Å². The molecule has 0 aliphatic carbocycles. The summed E-state index contributed by atoms with van der Waals surface area (Å²) in [6.45, 7) is 8.89. The van der Waals surface area contributed by atoms with E-state index in [1.807, 2.05) is 13.8 Å². The van der Waals surface area contributed by atoms with Crippen LogP contribution >= 0.6 is 0 Å². The van der Waals surface area contributed by atoms with Crippen LogP contribution in [0.15, 0.2) is 26.0 Å². The molecule has 28 heavy (non-hydrogen) atoms. The van der Waals surface area contributed by atoms with Gasteiger partial charge in [0.2, 0.25) is 5.91 Å². The molecule has 2 aromatic heterocycles. The van der Waals surface area contributed by atoms with E-state index >= 15 is 0 Å². The van der Waals surface area contributed by atoms with Crippen LogP contribution in [-0.4, -0.2) is 17.9 Å². The van der Waals surface area contributed by atoms with Crippen molar-refractivity contribution in [1.29, 1.82) is 0 Å². The normalized spacial score (nSPS) is 12.6. The topological polar surface area (TPSA) is 113 Å². The number of aliphatic carboxylic acids is 1. The molecule has 0 fully saturated rings. The van der Waals surface area contributed by atoms with Crippen LogP contribution in [0.25, 0.3) is 21.9 Å². The minimum Gasteiger partial charge on any atom is -0.548 e. The van der Waals surface area contributed by atoms with Gasteiger partial charge in [0.05, 0.1) is 35.6 Å². The molecule has 0 spiro atoms. The van der Waals surface area contributed by atoms with Crippen molar-refractivity contribution >= 4 is 33.8 Å². The Hall–Kier alpha value is -3.09. The number of amides is 1. The third-order valence-corrected chi connectivity index (χ3v) is 5.04. The second kappa shape index (κ2) is 7.14. The number of rotatable bonds is 5. The average molecular weight is 384 g/mol. The van der Waals surface area contributed by atoms with E-state index < -0.39 is 23.5 Å². The first-order chi connectivity index (χ1) is 13.1. The largest absolute Gasteiger partial charge is 0.548 e. The predicted molar refractivity (Wildman–Crippen MR) is 102 cm³/mol. The number of carboxylic acids is 1. The summed E-state index contributed by atoms with van der Waals surface area (Å²) in [5, 5.41) is 15.2. The summed E-state index contributed by atoms with van der Waals surface area (Å²) in [4.78, 5) is 36.1. The Bertz CT molecular complexity index is 1150. The maximum Gasteiger partial charge on any atom is 0.340 e. The van der Waals surface area contributed by atoms with Crippen molar-refractivity contribution in [2.75, 3.05) is 0 Å². The van der Waals surface area contributed by atoms with Crippen LogP contribution in [-0.2, 0) is 16.0 Å². The van der Waals surface area contributed by atoms with Gasteiger partial charge in [-0.15, -0.1) is 0 Å². The predicted octanol–water partition coefficient (Wildman–Crippen LogP) is 1.90. The molecule has 0 bridgehead atoms. The first-order valence-electron chi connectivity index (χ1n) is 9.05. The van der Waals surface area contributed by atoms with Gasteiger partial charge in [0.15, 0.2) is 0 Å². The van der Waals surface area contributed by atoms with Crippen molar-refractivity contribution in [2.24, 2.45) is 5.92 Å². The van der Waals surface area contributed by atoms with Crippen molar-refractivity contribution in [2.45, 2.75) is 47.1 Å². The highest BCUT2D eigenvalue weighted by atomic mass is 16.4. The number of furan rings is 1. The maximum atomic E-state index is 12.5. The zero-order valence-corrected chi connectivity index (χ0v) is 16.5. The molecule has 0 radical (unpaired) electrons. The number of carboxylic acid groups (broad SMARTS) is 1. The van der Waals surface area contributed by atoms with E-state index in [-0.39, 0.29) is 17.9 Å². The lowest BCUT2D eigenvalue weighted by Gasteiger charge is -2.23. The molecule has 0 saturated carbocycles. The first-order valence-corrected chi connectivity index (χ1v) is 9.05. The van der Waals surface area contributed by atoms with Gasteiger partial charge in [-0.3, -0.25) is 4.79 Å². The summed E-state index contributed by atoms with van der Waals surface area (Å²) in [5.41, 5.74) is 3.01.